The minimum atomic E-state index is 0.380. The number of nitrogens with one attached hydrogen (secondary N) is 1. The number of halogens is 1. The van der Waals surface area contributed by atoms with Gasteiger partial charge in [-0.15, -0.1) is 22.9 Å². The van der Waals surface area contributed by atoms with Crippen LogP contribution in [0.4, 0.5) is 0 Å². The van der Waals surface area contributed by atoms with E-state index in [1.165, 1.54) is 0 Å². The highest BCUT2D eigenvalue weighted by Crippen LogP contribution is 2.07. The van der Waals surface area contributed by atoms with Crippen LogP contribution in [0.5, 0.6) is 0 Å². The van der Waals surface area contributed by atoms with Crippen LogP contribution in [0.25, 0.3) is 0 Å². The molecular weight excluding hydrogens is 204 g/mol. The quantitative estimate of drug-likeness (QED) is 0.769. The molecule has 0 bridgehead atoms. The van der Waals surface area contributed by atoms with E-state index in [0.29, 0.717) is 17.8 Å². The van der Waals surface area contributed by atoms with Crippen LogP contribution in [0, 0.1) is 5.92 Å². The maximum atomic E-state index is 5.82. The van der Waals surface area contributed by atoms with Gasteiger partial charge in [-0.3, -0.25) is 0 Å². The molecule has 0 aliphatic heterocycles. The van der Waals surface area contributed by atoms with E-state index in [0.717, 1.165) is 11.6 Å². The zero-order valence-electron chi connectivity index (χ0n) is 7.96. The Bertz CT molecular complexity index is 224. The molecule has 74 valence electrons. The summed E-state index contributed by atoms with van der Waals surface area (Å²) in [4.78, 5) is 4.19. The van der Waals surface area contributed by atoms with Crippen molar-refractivity contribution in [2.45, 2.75) is 26.4 Å². The molecule has 0 aliphatic carbocycles. The summed E-state index contributed by atoms with van der Waals surface area (Å²) < 4.78 is 0. The van der Waals surface area contributed by atoms with E-state index in [1.807, 2.05) is 11.6 Å². The first-order valence-electron chi connectivity index (χ1n) is 4.41. The Hall–Kier alpha value is -0.120. The van der Waals surface area contributed by atoms with Crippen LogP contribution >= 0.6 is 22.9 Å². The fourth-order valence-electron chi connectivity index (χ4n) is 1.03. The van der Waals surface area contributed by atoms with E-state index in [1.54, 1.807) is 11.3 Å². The summed E-state index contributed by atoms with van der Waals surface area (Å²) >= 11 is 7.49. The van der Waals surface area contributed by atoms with E-state index >= 15 is 0 Å². The Labute approximate surface area is 88.3 Å². The predicted molar refractivity (Wildman–Crippen MR) is 58.3 cm³/mol. The molecule has 1 N–H and O–H groups in total. The number of hydrogen-bond acceptors (Lipinski definition) is 3. The number of aromatic nitrogens is 1. The molecule has 1 aromatic rings. The van der Waals surface area contributed by atoms with Gasteiger partial charge in [-0.1, -0.05) is 13.8 Å². The van der Waals surface area contributed by atoms with Gasteiger partial charge in [0.15, 0.2) is 0 Å². The van der Waals surface area contributed by atoms with Crippen LogP contribution in [0.2, 0.25) is 0 Å². The molecule has 0 aliphatic rings. The summed E-state index contributed by atoms with van der Waals surface area (Å²) in [5.74, 6) is 1.22. The van der Waals surface area contributed by atoms with Gasteiger partial charge in [0.1, 0.15) is 5.01 Å². The number of hydrogen-bond donors (Lipinski definition) is 1. The van der Waals surface area contributed by atoms with E-state index in [9.17, 15) is 0 Å². The smallest absolute Gasteiger partial charge is 0.106 e. The summed E-state index contributed by atoms with van der Waals surface area (Å²) in [6.45, 7) is 5.16. The monoisotopic (exact) mass is 218 g/mol. The fourth-order valence-corrected chi connectivity index (χ4v) is 2.06. The lowest BCUT2D eigenvalue weighted by molar-refractivity contribution is 0.430. The molecule has 0 aromatic carbocycles. The summed E-state index contributed by atoms with van der Waals surface area (Å²) in [6.07, 6.45) is 1.83. The van der Waals surface area contributed by atoms with Gasteiger partial charge in [0.25, 0.3) is 0 Å². The molecule has 1 aromatic heterocycles. The molecule has 0 fully saturated rings. The number of thiazole rings is 1. The first-order valence-corrected chi connectivity index (χ1v) is 5.83. The molecule has 1 atom stereocenters. The van der Waals surface area contributed by atoms with Crippen LogP contribution in [0.15, 0.2) is 11.6 Å². The summed E-state index contributed by atoms with van der Waals surface area (Å²) in [5, 5.41) is 6.50. The Kier molecular flexibility index (Phi) is 4.70. The number of rotatable bonds is 5. The van der Waals surface area contributed by atoms with Crippen molar-refractivity contribution < 1.29 is 0 Å². The van der Waals surface area contributed by atoms with Crippen LogP contribution in [0.1, 0.15) is 18.9 Å². The van der Waals surface area contributed by atoms with Crippen LogP contribution in [0.3, 0.4) is 0 Å². The molecule has 1 unspecified atom stereocenters. The molecule has 0 radical (unpaired) electrons. The van der Waals surface area contributed by atoms with E-state index in [4.69, 9.17) is 11.6 Å². The van der Waals surface area contributed by atoms with Crippen molar-refractivity contribution >= 4 is 22.9 Å². The molecule has 13 heavy (non-hydrogen) atoms. The second-order valence-electron chi connectivity index (χ2n) is 3.31. The molecule has 1 rings (SSSR count). The van der Waals surface area contributed by atoms with E-state index < -0.39 is 0 Å². The topological polar surface area (TPSA) is 24.9 Å². The molecule has 0 amide bonds. The van der Waals surface area contributed by atoms with Crippen LogP contribution in [-0.4, -0.2) is 16.9 Å². The van der Waals surface area contributed by atoms with Crippen molar-refractivity contribution in [3.8, 4) is 0 Å². The van der Waals surface area contributed by atoms with Crippen molar-refractivity contribution in [2.75, 3.05) is 5.88 Å². The zero-order chi connectivity index (χ0) is 9.68. The third-order valence-corrected chi connectivity index (χ3v) is 3.08. The Balaban J connectivity index is 2.32. The van der Waals surface area contributed by atoms with Crippen LogP contribution < -0.4 is 5.32 Å². The van der Waals surface area contributed by atoms with Crippen molar-refractivity contribution in [2.24, 2.45) is 5.92 Å². The van der Waals surface area contributed by atoms with Gasteiger partial charge in [0, 0.05) is 30.0 Å². The average Bonchev–Trinajstić information content (AvgIpc) is 2.57. The predicted octanol–water partition coefficient (Wildman–Crippen LogP) is 2.50. The SMILES string of the molecule is CC(C)C(CCl)NCc1nccs1. The molecule has 0 saturated carbocycles. The molecule has 0 spiro atoms. The normalized spacial score (nSPS) is 13.5. The molecular formula is C9H15ClN2S. The van der Waals surface area contributed by atoms with Crippen molar-refractivity contribution in [3.05, 3.63) is 16.6 Å². The number of nitrogens with zero attached hydrogens (tertiary/aromatic N) is 1. The highest BCUT2D eigenvalue weighted by molar-refractivity contribution is 7.09. The Morgan fingerprint density at radius 3 is 2.85 bits per heavy atom. The van der Waals surface area contributed by atoms with Crippen molar-refractivity contribution in [3.63, 3.8) is 0 Å². The van der Waals surface area contributed by atoms with Crippen LogP contribution in [-0.2, 0) is 6.54 Å². The molecule has 4 heteroatoms. The third-order valence-electron chi connectivity index (χ3n) is 1.97. The first kappa shape index (κ1) is 11.0. The van der Waals surface area contributed by atoms with Gasteiger partial charge in [-0.05, 0) is 5.92 Å². The minimum absolute atomic E-state index is 0.380. The number of alkyl halides is 1. The minimum Gasteiger partial charge on any atom is -0.306 e. The van der Waals surface area contributed by atoms with Gasteiger partial charge < -0.3 is 5.32 Å². The highest BCUT2D eigenvalue weighted by atomic mass is 35.5. The second kappa shape index (κ2) is 5.58. The second-order valence-corrected chi connectivity index (χ2v) is 4.60. The maximum absolute atomic E-state index is 5.82. The Morgan fingerprint density at radius 1 is 1.62 bits per heavy atom. The highest BCUT2D eigenvalue weighted by Gasteiger charge is 2.11. The lowest BCUT2D eigenvalue weighted by Gasteiger charge is -2.18. The molecule has 2 nitrogen and oxygen atoms in total. The Morgan fingerprint density at radius 2 is 2.38 bits per heavy atom. The standard InChI is InChI=1S/C9H15ClN2S/c1-7(2)8(5-10)12-6-9-11-3-4-13-9/h3-4,7-8,12H,5-6H2,1-2H3. The van der Waals surface area contributed by atoms with Gasteiger partial charge >= 0.3 is 0 Å². The van der Waals surface area contributed by atoms with Crippen molar-refractivity contribution in [1.29, 1.82) is 0 Å². The van der Waals surface area contributed by atoms with Crippen molar-refractivity contribution in [1.82, 2.24) is 10.3 Å². The zero-order valence-corrected chi connectivity index (χ0v) is 9.53. The van der Waals surface area contributed by atoms with Gasteiger partial charge in [0.2, 0.25) is 0 Å². The van der Waals surface area contributed by atoms with E-state index in [2.05, 4.69) is 24.1 Å². The third kappa shape index (κ3) is 3.63. The fraction of sp³-hybridized carbons (Fsp3) is 0.667. The summed E-state index contributed by atoms with van der Waals surface area (Å²) in [6, 6.07) is 0.380. The average molecular weight is 219 g/mol. The molecule has 1 heterocycles. The summed E-state index contributed by atoms with van der Waals surface area (Å²) in [5.41, 5.74) is 0. The molecule has 0 saturated heterocycles. The van der Waals surface area contributed by atoms with E-state index in [-0.39, 0.29) is 0 Å². The van der Waals surface area contributed by atoms with Gasteiger partial charge in [-0.2, -0.15) is 0 Å². The first-order chi connectivity index (χ1) is 6.24. The largest absolute Gasteiger partial charge is 0.306 e. The lowest BCUT2D eigenvalue weighted by Crippen LogP contribution is -2.34. The lowest BCUT2D eigenvalue weighted by atomic mass is 10.1. The van der Waals surface area contributed by atoms with Gasteiger partial charge in [0.05, 0.1) is 0 Å². The van der Waals surface area contributed by atoms with Gasteiger partial charge in [-0.25, -0.2) is 4.98 Å². The maximum Gasteiger partial charge on any atom is 0.106 e. The summed E-state index contributed by atoms with van der Waals surface area (Å²) in [7, 11) is 0.